The molecule has 0 fully saturated rings. The number of nitrogens with one attached hydrogen (secondary N) is 4. The highest BCUT2D eigenvalue weighted by Crippen LogP contribution is 2.13. The lowest BCUT2D eigenvalue weighted by Crippen LogP contribution is -2.25. The maximum absolute atomic E-state index is 13.1. The number of carbonyl (C=O) groups excluding carboxylic acids is 1. The summed E-state index contributed by atoms with van der Waals surface area (Å²) in [5.41, 5.74) is 1.15. The maximum atomic E-state index is 13.1. The predicted molar refractivity (Wildman–Crippen MR) is 78.1 cm³/mol. The number of aromatic nitrogens is 4. The van der Waals surface area contributed by atoms with Crippen LogP contribution in [0.15, 0.2) is 29.2 Å². The first-order valence-electron chi connectivity index (χ1n) is 6.82. The van der Waals surface area contributed by atoms with Gasteiger partial charge in [-0.25, -0.2) is 14.2 Å². The first-order chi connectivity index (χ1) is 10.6. The van der Waals surface area contributed by atoms with Crippen LogP contribution in [0.4, 0.5) is 4.39 Å². The summed E-state index contributed by atoms with van der Waals surface area (Å²) in [7, 11) is 0. The van der Waals surface area contributed by atoms with Crippen molar-refractivity contribution in [2.45, 2.75) is 12.8 Å². The summed E-state index contributed by atoms with van der Waals surface area (Å²) in [6.07, 6.45) is 2.62. The number of nitrogens with zero attached hydrogens (tertiary/aromatic N) is 1. The second-order valence-corrected chi connectivity index (χ2v) is 4.86. The second kappa shape index (κ2) is 5.84. The van der Waals surface area contributed by atoms with E-state index >= 15 is 0 Å². The summed E-state index contributed by atoms with van der Waals surface area (Å²) in [6, 6.07) is 4.38. The number of hydrogen-bond acceptors (Lipinski definition) is 3. The van der Waals surface area contributed by atoms with Gasteiger partial charge in [-0.15, -0.1) is 0 Å². The molecule has 0 bridgehead atoms. The summed E-state index contributed by atoms with van der Waals surface area (Å²) in [5, 5.41) is 2.69. The lowest BCUT2D eigenvalue weighted by atomic mass is 10.3. The van der Waals surface area contributed by atoms with E-state index in [4.69, 9.17) is 0 Å². The molecule has 8 heteroatoms. The minimum Gasteiger partial charge on any atom is -0.351 e. The number of hydrogen-bond donors (Lipinski definition) is 4. The van der Waals surface area contributed by atoms with E-state index in [0.29, 0.717) is 30.4 Å². The highest BCUT2D eigenvalue weighted by Gasteiger charge is 2.07. The zero-order valence-corrected chi connectivity index (χ0v) is 11.6. The molecule has 0 saturated carbocycles. The Balaban J connectivity index is 1.52. The number of amides is 1. The number of halogens is 1. The second-order valence-electron chi connectivity index (χ2n) is 4.86. The minimum absolute atomic E-state index is 0.198. The van der Waals surface area contributed by atoms with Crippen molar-refractivity contribution in [3.8, 4) is 0 Å². The van der Waals surface area contributed by atoms with Crippen molar-refractivity contribution in [2.75, 3.05) is 6.54 Å². The van der Waals surface area contributed by atoms with E-state index in [2.05, 4.69) is 25.3 Å². The summed E-state index contributed by atoms with van der Waals surface area (Å²) in [6.45, 7) is 0.442. The molecule has 2 heterocycles. The fraction of sp³-hybridized carbons (Fsp3) is 0.214. The molecule has 4 N–H and O–H groups in total. The molecule has 0 spiro atoms. The van der Waals surface area contributed by atoms with Crippen LogP contribution in [0.3, 0.4) is 0 Å². The van der Waals surface area contributed by atoms with E-state index in [1.165, 1.54) is 18.3 Å². The van der Waals surface area contributed by atoms with E-state index < -0.39 is 5.69 Å². The number of H-pyrrole nitrogens is 3. The molecule has 7 nitrogen and oxygen atoms in total. The Kier molecular flexibility index (Phi) is 3.73. The maximum Gasteiger partial charge on any atom is 0.323 e. The molecule has 0 aliphatic rings. The monoisotopic (exact) mass is 303 g/mol. The molecule has 114 valence electrons. The zero-order valence-electron chi connectivity index (χ0n) is 11.6. The fourth-order valence-electron chi connectivity index (χ4n) is 2.16. The average Bonchev–Trinajstić information content (AvgIpc) is 3.08. The van der Waals surface area contributed by atoms with E-state index in [0.717, 1.165) is 5.82 Å². The lowest BCUT2D eigenvalue weighted by Gasteiger charge is -2.01. The van der Waals surface area contributed by atoms with Gasteiger partial charge in [0.2, 0.25) is 0 Å². The molecule has 0 radical (unpaired) electrons. The third-order valence-electron chi connectivity index (χ3n) is 3.21. The van der Waals surface area contributed by atoms with Crippen LogP contribution in [0.25, 0.3) is 11.0 Å². The van der Waals surface area contributed by atoms with Gasteiger partial charge >= 0.3 is 5.69 Å². The van der Waals surface area contributed by atoms with E-state index in [9.17, 15) is 14.0 Å². The highest BCUT2D eigenvalue weighted by atomic mass is 19.1. The third kappa shape index (κ3) is 3.05. The molecule has 22 heavy (non-hydrogen) atoms. The molecule has 0 aliphatic heterocycles. The van der Waals surface area contributed by atoms with Gasteiger partial charge in [0.25, 0.3) is 5.91 Å². The van der Waals surface area contributed by atoms with Gasteiger partial charge in [0, 0.05) is 19.2 Å². The van der Waals surface area contributed by atoms with Crippen molar-refractivity contribution >= 4 is 16.9 Å². The summed E-state index contributed by atoms with van der Waals surface area (Å²) in [5.74, 6) is 0.0883. The van der Waals surface area contributed by atoms with Crippen LogP contribution in [0.1, 0.15) is 22.7 Å². The largest absolute Gasteiger partial charge is 0.351 e. The predicted octanol–water partition coefficient (Wildman–Crippen LogP) is 1.08. The average molecular weight is 303 g/mol. The van der Waals surface area contributed by atoms with Gasteiger partial charge in [0.1, 0.15) is 17.3 Å². The number of rotatable bonds is 5. The Labute approximate surface area is 124 Å². The molecule has 0 saturated heterocycles. The van der Waals surface area contributed by atoms with E-state index in [1.807, 2.05) is 0 Å². The van der Waals surface area contributed by atoms with Crippen molar-refractivity contribution in [2.24, 2.45) is 0 Å². The normalized spacial score (nSPS) is 11.0. The topological polar surface area (TPSA) is 106 Å². The van der Waals surface area contributed by atoms with Gasteiger partial charge in [-0.05, 0) is 24.6 Å². The van der Waals surface area contributed by atoms with E-state index in [1.54, 1.807) is 6.07 Å². The molecule has 3 aromatic rings. The van der Waals surface area contributed by atoms with Crippen LogP contribution in [-0.2, 0) is 6.42 Å². The van der Waals surface area contributed by atoms with Crippen LogP contribution in [0, 0.1) is 5.82 Å². The van der Waals surface area contributed by atoms with Crippen LogP contribution in [0.5, 0.6) is 0 Å². The quantitative estimate of drug-likeness (QED) is 0.530. The number of carbonyl (C=O) groups is 1. The van der Waals surface area contributed by atoms with Crippen LogP contribution >= 0.6 is 0 Å². The molecular formula is C14H14FN5O2. The summed E-state index contributed by atoms with van der Waals surface area (Å²) >= 11 is 0. The fourth-order valence-corrected chi connectivity index (χ4v) is 2.16. The molecular weight excluding hydrogens is 289 g/mol. The van der Waals surface area contributed by atoms with Crippen molar-refractivity contribution in [1.82, 2.24) is 25.3 Å². The van der Waals surface area contributed by atoms with E-state index in [-0.39, 0.29) is 17.4 Å². The molecule has 0 aliphatic carbocycles. The van der Waals surface area contributed by atoms with Gasteiger partial charge in [-0.3, -0.25) is 4.79 Å². The molecule has 1 amide bonds. The van der Waals surface area contributed by atoms with Crippen molar-refractivity contribution in [3.05, 3.63) is 52.2 Å². The molecule has 3 rings (SSSR count). The SMILES string of the molecule is O=C(NCCCc1nc2ccc(F)cc2[nH]1)c1c[nH]c(=O)[nH]1. The summed E-state index contributed by atoms with van der Waals surface area (Å²) < 4.78 is 13.1. The molecule has 0 atom stereocenters. The Bertz CT molecular complexity index is 863. The smallest absolute Gasteiger partial charge is 0.323 e. The number of imidazole rings is 2. The zero-order chi connectivity index (χ0) is 15.5. The minimum atomic E-state index is -0.417. The van der Waals surface area contributed by atoms with Crippen molar-refractivity contribution < 1.29 is 9.18 Å². The van der Waals surface area contributed by atoms with Crippen LogP contribution in [-0.4, -0.2) is 32.4 Å². The Morgan fingerprint density at radius 1 is 1.32 bits per heavy atom. The number of aromatic amines is 3. The first kappa shape index (κ1) is 14.1. The summed E-state index contributed by atoms with van der Waals surface area (Å²) in [4.78, 5) is 34.7. The van der Waals surface area contributed by atoms with Crippen molar-refractivity contribution in [3.63, 3.8) is 0 Å². The molecule has 0 unspecified atom stereocenters. The Morgan fingerprint density at radius 2 is 2.18 bits per heavy atom. The molecule has 2 aromatic heterocycles. The van der Waals surface area contributed by atoms with Gasteiger partial charge in [0.15, 0.2) is 0 Å². The Morgan fingerprint density at radius 3 is 2.95 bits per heavy atom. The molecule has 1 aromatic carbocycles. The van der Waals surface area contributed by atoms with Crippen LogP contribution < -0.4 is 11.0 Å². The number of aryl methyl sites for hydroxylation is 1. The lowest BCUT2D eigenvalue weighted by molar-refractivity contribution is 0.0948. The van der Waals surface area contributed by atoms with Gasteiger partial charge in [0.05, 0.1) is 11.0 Å². The van der Waals surface area contributed by atoms with Gasteiger partial charge in [-0.2, -0.15) is 0 Å². The van der Waals surface area contributed by atoms with Crippen molar-refractivity contribution in [1.29, 1.82) is 0 Å². The van der Waals surface area contributed by atoms with Gasteiger partial charge < -0.3 is 20.3 Å². The van der Waals surface area contributed by atoms with Crippen LogP contribution in [0.2, 0.25) is 0 Å². The Hall–Kier alpha value is -2.90. The first-order valence-corrected chi connectivity index (χ1v) is 6.82. The van der Waals surface area contributed by atoms with Gasteiger partial charge in [-0.1, -0.05) is 0 Å². The number of fused-ring (bicyclic) bond motifs is 1. The number of benzene rings is 1. The third-order valence-corrected chi connectivity index (χ3v) is 3.21. The highest BCUT2D eigenvalue weighted by molar-refractivity contribution is 5.91. The standard InChI is InChI=1S/C14H14FN5O2/c15-8-3-4-9-10(6-8)19-12(18-9)2-1-5-16-13(21)11-7-17-14(22)20-11/h3-4,6-7H,1-2,5H2,(H,16,21)(H,18,19)(H2,17,20,22).